The number of nitrogens with zero attached hydrogens (tertiary/aromatic N) is 5. The first kappa shape index (κ1) is 16.2. The number of thiophene rings is 1. The maximum atomic E-state index is 4.33. The zero-order valence-corrected chi connectivity index (χ0v) is 15.4. The molecule has 0 aromatic carbocycles. The van der Waals surface area contributed by atoms with Crippen LogP contribution in [0.4, 0.5) is 0 Å². The van der Waals surface area contributed by atoms with Gasteiger partial charge in [0.15, 0.2) is 0 Å². The van der Waals surface area contributed by atoms with Crippen molar-refractivity contribution in [3.8, 4) is 0 Å². The van der Waals surface area contributed by atoms with Crippen LogP contribution in [0, 0.1) is 5.92 Å². The first-order valence-electron chi connectivity index (χ1n) is 9.04. The van der Waals surface area contributed by atoms with Gasteiger partial charge in [-0.2, -0.15) is 16.4 Å². The zero-order valence-electron chi connectivity index (χ0n) is 14.6. The molecule has 2 unspecified atom stereocenters. The summed E-state index contributed by atoms with van der Waals surface area (Å²) < 4.78 is 2.00. The fraction of sp³-hybridized carbons (Fsp3) is 0.667. The van der Waals surface area contributed by atoms with Crippen molar-refractivity contribution in [1.29, 1.82) is 0 Å². The van der Waals surface area contributed by atoms with Crippen LogP contribution in [0.1, 0.15) is 32.3 Å². The van der Waals surface area contributed by atoms with Crippen LogP contribution in [0.5, 0.6) is 0 Å². The summed E-state index contributed by atoms with van der Waals surface area (Å²) >= 11 is 1.80. The Bertz CT molecular complexity index is 624. The van der Waals surface area contributed by atoms with Gasteiger partial charge in [-0.1, -0.05) is 0 Å². The fourth-order valence-corrected chi connectivity index (χ4v) is 5.42. The Morgan fingerprint density at radius 3 is 3.00 bits per heavy atom. The predicted octanol–water partition coefficient (Wildman–Crippen LogP) is 2.71. The third-order valence-electron chi connectivity index (χ3n) is 5.60. The van der Waals surface area contributed by atoms with Crippen molar-refractivity contribution in [3.63, 3.8) is 0 Å². The second-order valence-corrected chi connectivity index (χ2v) is 8.31. The van der Waals surface area contributed by atoms with Gasteiger partial charge in [-0.15, -0.1) is 0 Å². The Hall–Kier alpha value is -1.24. The van der Waals surface area contributed by atoms with Crippen LogP contribution in [0.15, 0.2) is 29.5 Å². The predicted molar refractivity (Wildman–Crippen MR) is 96.9 cm³/mol. The number of aromatic nitrogens is 3. The van der Waals surface area contributed by atoms with Crippen LogP contribution < -0.4 is 0 Å². The Morgan fingerprint density at radius 2 is 2.29 bits per heavy atom. The number of piperidine rings is 1. The molecule has 2 fully saturated rings. The number of hydrogen-bond donors (Lipinski definition) is 0. The third kappa shape index (κ3) is 3.27. The average molecular weight is 346 g/mol. The lowest BCUT2D eigenvalue weighted by atomic mass is 9.91. The van der Waals surface area contributed by atoms with Gasteiger partial charge in [0, 0.05) is 31.2 Å². The van der Waals surface area contributed by atoms with Crippen molar-refractivity contribution in [2.45, 2.75) is 57.9 Å². The minimum Gasteiger partial charge on any atom is -0.299 e. The molecule has 0 radical (unpaired) electrons. The summed E-state index contributed by atoms with van der Waals surface area (Å²) in [6, 6.07) is 4.18. The van der Waals surface area contributed by atoms with E-state index >= 15 is 0 Å². The quantitative estimate of drug-likeness (QED) is 0.835. The Morgan fingerprint density at radius 1 is 1.38 bits per heavy atom. The van der Waals surface area contributed by atoms with Crippen molar-refractivity contribution < 1.29 is 0 Å². The lowest BCUT2D eigenvalue weighted by Gasteiger charge is -2.40. The van der Waals surface area contributed by atoms with E-state index in [1.807, 2.05) is 11.0 Å². The van der Waals surface area contributed by atoms with E-state index in [0.29, 0.717) is 12.1 Å². The molecule has 4 heterocycles. The van der Waals surface area contributed by atoms with Gasteiger partial charge in [-0.05, 0) is 61.5 Å². The highest BCUT2D eigenvalue weighted by molar-refractivity contribution is 7.07. The van der Waals surface area contributed by atoms with Crippen molar-refractivity contribution >= 4 is 11.3 Å². The van der Waals surface area contributed by atoms with Gasteiger partial charge in [-0.25, -0.2) is 4.98 Å². The molecule has 4 rings (SSSR count). The van der Waals surface area contributed by atoms with Crippen LogP contribution >= 0.6 is 11.3 Å². The average Bonchev–Trinajstić information content (AvgIpc) is 3.27. The molecule has 2 aliphatic heterocycles. The summed E-state index contributed by atoms with van der Waals surface area (Å²) in [7, 11) is 0. The van der Waals surface area contributed by atoms with Crippen molar-refractivity contribution in [3.05, 3.63) is 35.0 Å². The molecular formula is C18H27N5S. The lowest BCUT2D eigenvalue weighted by Crippen LogP contribution is -2.49. The van der Waals surface area contributed by atoms with Crippen LogP contribution in [0.3, 0.4) is 0 Å². The van der Waals surface area contributed by atoms with Crippen LogP contribution in [0.2, 0.25) is 0 Å². The number of rotatable bonds is 5. The van der Waals surface area contributed by atoms with Gasteiger partial charge in [0.25, 0.3) is 0 Å². The molecule has 0 saturated carbocycles. The van der Waals surface area contributed by atoms with Gasteiger partial charge in [0.2, 0.25) is 0 Å². The van der Waals surface area contributed by atoms with E-state index in [1.54, 1.807) is 17.7 Å². The van der Waals surface area contributed by atoms with Gasteiger partial charge in [0.1, 0.15) is 12.7 Å². The molecule has 0 bridgehead atoms. The van der Waals surface area contributed by atoms with Gasteiger partial charge >= 0.3 is 0 Å². The minimum atomic E-state index is 0.586. The van der Waals surface area contributed by atoms with E-state index in [-0.39, 0.29) is 0 Å². The van der Waals surface area contributed by atoms with E-state index in [9.17, 15) is 0 Å². The van der Waals surface area contributed by atoms with E-state index in [4.69, 9.17) is 0 Å². The molecule has 2 aromatic heterocycles. The smallest absolute Gasteiger partial charge is 0.137 e. The Labute approximate surface area is 148 Å². The summed E-state index contributed by atoms with van der Waals surface area (Å²) in [5, 5.41) is 8.80. The molecule has 24 heavy (non-hydrogen) atoms. The fourth-order valence-electron chi connectivity index (χ4n) is 4.76. The van der Waals surface area contributed by atoms with Crippen LogP contribution in [-0.4, -0.2) is 55.8 Å². The van der Waals surface area contributed by atoms with E-state index in [1.165, 1.54) is 31.5 Å². The molecule has 3 atom stereocenters. The Balaban J connectivity index is 1.44. The molecule has 0 N–H and O–H groups in total. The van der Waals surface area contributed by atoms with Crippen LogP contribution in [-0.2, 0) is 13.1 Å². The topological polar surface area (TPSA) is 37.2 Å². The maximum Gasteiger partial charge on any atom is 0.137 e. The molecule has 0 spiro atoms. The lowest BCUT2D eigenvalue weighted by molar-refractivity contribution is 0.0719. The third-order valence-corrected chi connectivity index (χ3v) is 6.34. The van der Waals surface area contributed by atoms with Crippen molar-refractivity contribution in [2.24, 2.45) is 5.92 Å². The normalized spacial score (nSPS) is 28.5. The van der Waals surface area contributed by atoms with E-state index < -0.39 is 0 Å². The maximum absolute atomic E-state index is 4.33. The molecule has 6 heteroatoms. The first-order chi connectivity index (χ1) is 11.7. The highest BCUT2D eigenvalue weighted by Crippen LogP contribution is 2.38. The second-order valence-electron chi connectivity index (χ2n) is 7.53. The summed E-state index contributed by atoms with van der Waals surface area (Å²) in [4.78, 5) is 9.52. The summed E-state index contributed by atoms with van der Waals surface area (Å²) in [6.45, 7) is 9.22. The monoisotopic (exact) mass is 345 g/mol. The van der Waals surface area contributed by atoms with E-state index in [0.717, 1.165) is 25.0 Å². The molecule has 0 aliphatic carbocycles. The molecule has 0 amide bonds. The van der Waals surface area contributed by atoms with Gasteiger partial charge in [0.05, 0.1) is 6.54 Å². The molecule has 2 aromatic rings. The number of fused-ring (bicyclic) bond motifs is 1. The second kappa shape index (κ2) is 6.94. The summed E-state index contributed by atoms with van der Waals surface area (Å²) in [6.07, 6.45) is 6.07. The van der Waals surface area contributed by atoms with E-state index in [2.05, 4.69) is 50.6 Å². The highest BCUT2D eigenvalue weighted by atomic mass is 32.1. The Kier molecular flexibility index (Phi) is 4.70. The van der Waals surface area contributed by atoms with Gasteiger partial charge < -0.3 is 0 Å². The number of likely N-dealkylation sites (tertiary alicyclic amines) is 2. The first-order valence-corrected chi connectivity index (χ1v) is 9.98. The summed E-state index contributed by atoms with van der Waals surface area (Å²) in [5.41, 5.74) is 1.47. The van der Waals surface area contributed by atoms with Crippen LogP contribution in [0.25, 0.3) is 0 Å². The standard InChI is InChI=1S/C18H27N5S/c1-14(2)23-17(10-22-13-19-12-20-22)7-16-9-21(5-3-18(16)23)8-15-4-6-24-11-15/h4,6,11-14,16-18H,3,5,7-10H2,1-2H3/t16?,17-,18?/m0/s1. The molecular weight excluding hydrogens is 318 g/mol. The minimum absolute atomic E-state index is 0.586. The van der Waals surface area contributed by atoms with Crippen molar-refractivity contribution in [1.82, 2.24) is 24.6 Å². The summed E-state index contributed by atoms with van der Waals surface area (Å²) in [5.74, 6) is 0.785. The van der Waals surface area contributed by atoms with Crippen molar-refractivity contribution in [2.75, 3.05) is 13.1 Å². The zero-order chi connectivity index (χ0) is 16.5. The number of hydrogen-bond acceptors (Lipinski definition) is 5. The SMILES string of the molecule is CC(C)N1C2CCN(Cc3ccsc3)CC2C[C@H]1Cn1cncn1. The largest absolute Gasteiger partial charge is 0.299 e. The molecule has 130 valence electrons. The highest BCUT2D eigenvalue weighted by Gasteiger charge is 2.44. The van der Waals surface area contributed by atoms with Gasteiger partial charge in [-0.3, -0.25) is 14.5 Å². The molecule has 2 aliphatic rings. The molecule has 5 nitrogen and oxygen atoms in total. The molecule has 2 saturated heterocycles.